The zero-order chi connectivity index (χ0) is 15.4. The Morgan fingerprint density at radius 1 is 1.43 bits per heavy atom. The smallest absolute Gasteiger partial charge is 0.276 e. The van der Waals surface area contributed by atoms with Gasteiger partial charge in [-0.25, -0.2) is 4.39 Å². The van der Waals surface area contributed by atoms with Crippen LogP contribution in [-0.4, -0.2) is 10.2 Å². The van der Waals surface area contributed by atoms with Gasteiger partial charge in [0.1, 0.15) is 5.82 Å². The van der Waals surface area contributed by atoms with E-state index in [2.05, 4.69) is 17.1 Å². The van der Waals surface area contributed by atoms with Crippen LogP contribution in [0.3, 0.4) is 0 Å². The molecule has 0 fully saturated rings. The molecular formula is C14H17ClFN3OS. The van der Waals surface area contributed by atoms with Crippen molar-refractivity contribution in [2.75, 3.05) is 0 Å². The molecule has 0 aliphatic carbocycles. The fourth-order valence-corrected chi connectivity index (χ4v) is 2.83. The van der Waals surface area contributed by atoms with Crippen molar-refractivity contribution < 1.29 is 8.81 Å². The summed E-state index contributed by atoms with van der Waals surface area (Å²) in [6.45, 7) is 4.08. The maximum atomic E-state index is 13.7. The van der Waals surface area contributed by atoms with E-state index in [0.717, 1.165) is 6.42 Å². The summed E-state index contributed by atoms with van der Waals surface area (Å²) in [5.74, 6) is 0.646. The summed E-state index contributed by atoms with van der Waals surface area (Å²) >= 11 is 7.21. The molecule has 0 radical (unpaired) electrons. The van der Waals surface area contributed by atoms with E-state index in [1.54, 1.807) is 12.1 Å². The van der Waals surface area contributed by atoms with Crippen LogP contribution in [0.2, 0.25) is 5.02 Å². The van der Waals surface area contributed by atoms with E-state index < -0.39 is 0 Å². The number of hydrogen-bond donors (Lipinski definition) is 1. The van der Waals surface area contributed by atoms with Gasteiger partial charge in [-0.3, -0.25) is 0 Å². The summed E-state index contributed by atoms with van der Waals surface area (Å²) in [5, 5.41) is 8.63. The summed E-state index contributed by atoms with van der Waals surface area (Å²) in [7, 11) is 0. The molecule has 4 nitrogen and oxygen atoms in total. The highest BCUT2D eigenvalue weighted by molar-refractivity contribution is 7.98. The molecule has 2 unspecified atom stereocenters. The van der Waals surface area contributed by atoms with Gasteiger partial charge in [0.25, 0.3) is 5.22 Å². The average Bonchev–Trinajstić information content (AvgIpc) is 2.94. The van der Waals surface area contributed by atoms with E-state index in [1.165, 1.54) is 17.8 Å². The van der Waals surface area contributed by atoms with E-state index in [-0.39, 0.29) is 17.8 Å². The molecule has 2 atom stereocenters. The number of nitrogens with zero attached hydrogens (tertiary/aromatic N) is 2. The summed E-state index contributed by atoms with van der Waals surface area (Å²) in [5.41, 5.74) is 6.46. The van der Waals surface area contributed by atoms with Crippen molar-refractivity contribution in [3.05, 3.63) is 40.5 Å². The molecule has 0 saturated carbocycles. The minimum atomic E-state index is -0.342. The van der Waals surface area contributed by atoms with Crippen molar-refractivity contribution in [3.63, 3.8) is 0 Å². The Morgan fingerprint density at radius 2 is 2.19 bits per heavy atom. The molecule has 7 heteroatoms. The maximum absolute atomic E-state index is 13.7. The maximum Gasteiger partial charge on any atom is 0.276 e. The number of aromatic nitrogens is 2. The minimum Gasteiger partial charge on any atom is -0.414 e. The van der Waals surface area contributed by atoms with E-state index in [9.17, 15) is 4.39 Å². The lowest BCUT2D eigenvalue weighted by atomic mass is 10.0. The van der Waals surface area contributed by atoms with Crippen molar-refractivity contribution in [1.29, 1.82) is 0 Å². The normalized spacial score (nSPS) is 14.1. The molecule has 21 heavy (non-hydrogen) atoms. The van der Waals surface area contributed by atoms with E-state index in [1.807, 2.05) is 6.92 Å². The molecule has 0 saturated heterocycles. The highest BCUT2D eigenvalue weighted by Gasteiger charge is 2.20. The Hall–Kier alpha value is -1.11. The fourth-order valence-electron chi connectivity index (χ4n) is 1.71. The Labute approximate surface area is 132 Å². The molecule has 0 aliphatic heterocycles. The second kappa shape index (κ2) is 7.24. The van der Waals surface area contributed by atoms with Gasteiger partial charge in [0.05, 0.1) is 6.04 Å². The number of halogens is 2. The highest BCUT2D eigenvalue weighted by atomic mass is 35.5. The molecule has 1 aromatic heterocycles. The first-order chi connectivity index (χ1) is 10.0. The van der Waals surface area contributed by atoms with Gasteiger partial charge in [0.15, 0.2) is 0 Å². The van der Waals surface area contributed by atoms with Gasteiger partial charge in [-0.05, 0) is 18.1 Å². The van der Waals surface area contributed by atoms with Gasteiger partial charge >= 0.3 is 0 Å². The van der Waals surface area contributed by atoms with Crippen LogP contribution >= 0.6 is 23.4 Å². The van der Waals surface area contributed by atoms with Crippen LogP contribution in [-0.2, 0) is 5.75 Å². The van der Waals surface area contributed by atoms with E-state index in [0.29, 0.717) is 27.5 Å². The minimum absolute atomic E-state index is 0.254. The predicted octanol–water partition coefficient (Wildman–Crippen LogP) is 4.20. The first kappa shape index (κ1) is 16.3. The highest BCUT2D eigenvalue weighted by Crippen LogP contribution is 2.29. The standard InChI is InChI=1S/C14H17ClFN3OS/c1-3-8(2)12(17)13-18-19-14(20-13)21-7-9-10(15)5-4-6-11(9)16/h4-6,8,12H,3,7,17H2,1-2H3. The van der Waals surface area contributed by atoms with Crippen LogP contribution in [0.4, 0.5) is 4.39 Å². The molecule has 1 aromatic carbocycles. The Balaban J connectivity index is 2.03. The van der Waals surface area contributed by atoms with Gasteiger partial charge in [-0.15, -0.1) is 10.2 Å². The molecule has 2 aromatic rings. The Morgan fingerprint density at radius 3 is 2.86 bits per heavy atom. The molecule has 2 N–H and O–H groups in total. The van der Waals surface area contributed by atoms with Gasteiger partial charge in [-0.2, -0.15) is 0 Å². The molecule has 0 amide bonds. The Bertz CT molecular complexity index is 587. The number of rotatable bonds is 6. The number of nitrogens with two attached hydrogens (primary N) is 1. The van der Waals surface area contributed by atoms with Crippen LogP contribution in [0.5, 0.6) is 0 Å². The predicted molar refractivity (Wildman–Crippen MR) is 81.7 cm³/mol. The lowest BCUT2D eigenvalue weighted by Crippen LogP contribution is -2.18. The second-order valence-corrected chi connectivity index (χ2v) is 6.14. The first-order valence-corrected chi connectivity index (χ1v) is 8.04. The summed E-state index contributed by atoms with van der Waals surface area (Å²) in [4.78, 5) is 0. The van der Waals surface area contributed by atoms with E-state index in [4.69, 9.17) is 21.8 Å². The monoisotopic (exact) mass is 329 g/mol. The molecule has 114 valence electrons. The number of benzene rings is 1. The van der Waals surface area contributed by atoms with Crippen LogP contribution in [0.15, 0.2) is 27.8 Å². The molecule has 2 rings (SSSR count). The van der Waals surface area contributed by atoms with Gasteiger partial charge in [0.2, 0.25) is 5.89 Å². The van der Waals surface area contributed by atoms with Crippen molar-refractivity contribution >= 4 is 23.4 Å². The summed E-state index contributed by atoms with van der Waals surface area (Å²) in [6, 6.07) is 4.31. The first-order valence-electron chi connectivity index (χ1n) is 6.67. The lowest BCUT2D eigenvalue weighted by Gasteiger charge is -2.13. The van der Waals surface area contributed by atoms with Crippen LogP contribution < -0.4 is 5.73 Å². The zero-order valence-corrected chi connectivity index (χ0v) is 13.4. The Kier molecular flexibility index (Phi) is 5.61. The summed E-state index contributed by atoms with van der Waals surface area (Å²) in [6.07, 6.45) is 0.927. The van der Waals surface area contributed by atoms with Crippen molar-refractivity contribution in [2.45, 2.75) is 37.3 Å². The van der Waals surface area contributed by atoms with Crippen molar-refractivity contribution in [1.82, 2.24) is 10.2 Å². The van der Waals surface area contributed by atoms with Crippen LogP contribution in [0.25, 0.3) is 0 Å². The molecule has 0 aliphatic rings. The van der Waals surface area contributed by atoms with Crippen molar-refractivity contribution in [3.8, 4) is 0 Å². The molecular weight excluding hydrogens is 313 g/mol. The molecule has 1 heterocycles. The fraction of sp³-hybridized carbons (Fsp3) is 0.429. The van der Waals surface area contributed by atoms with Crippen molar-refractivity contribution in [2.24, 2.45) is 11.7 Å². The SMILES string of the molecule is CCC(C)C(N)c1nnc(SCc2c(F)cccc2Cl)o1. The van der Waals surface area contributed by atoms with E-state index >= 15 is 0 Å². The van der Waals surface area contributed by atoms with Gasteiger partial charge < -0.3 is 10.2 Å². The van der Waals surface area contributed by atoms with Crippen LogP contribution in [0, 0.1) is 11.7 Å². The summed E-state index contributed by atoms with van der Waals surface area (Å²) < 4.78 is 19.2. The number of thioether (sulfide) groups is 1. The molecule has 0 bridgehead atoms. The molecule has 0 spiro atoms. The van der Waals surface area contributed by atoms with Gasteiger partial charge in [-0.1, -0.05) is 49.7 Å². The quantitative estimate of drug-likeness (QED) is 0.804. The topological polar surface area (TPSA) is 64.9 Å². The third-order valence-corrected chi connectivity index (χ3v) is 4.56. The largest absolute Gasteiger partial charge is 0.414 e. The second-order valence-electron chi connectivity index (χ2n) is 4.81. The number of hydrogen-bond acceptors (Lipinski definition) is 5. The third kappa shape index (κ3) is 3.96. The zero-order valence-electron chi connectivity index (χ0n) is 11.8. The third-order valence-electron chi connectivity index (χ3n) is 3.37. The van der Waals surface area contributed by atoms with Gasteiger partial charge in [0, 0.05) is 16.3 Å². The lowest BCUT2D eigenvalue weighted by molar-refractivity contribution is 0.333. The van der Waals surface area contributed by atoms with Crippen LogP contribution in [0.1, 0.15) is 37.8 Å². The average molecular weight is 330 g/mol.